The molecule has 7 heteroatoms. The van der Waals surface area contributed by atoms with Crippen molar-refractivity contribution in [3.63, 3.8) is 0 Å². The fourth-order valence-electron chi connectivity index (χ4n) is 2.04. The summed E-state index contributed by atoms with van der Waals surface area (Å²) in [7, 11) is 0. The summed E-state index contributed by atoms with van der Waals surface area (Å²) in [5.74, 6) is -1.34. The predicted molar refractivity (Wildman–Crippen MR) is 74.0 cm³/mol. The van der Waals surface area contributed by atoms with Crippen LogP contribution in [0.15, 0.2) is 30.3 Å². The number of aliphatic carboxylic acids is 1. The molecule has 112 valence electrons. The van der Waals surface area contributed by atoms with Crippen LogP contribution in [-0.2, 0) is 14.3 Å². The summed E-state index contributed by atoms with van der Waals surface area (Å²) in [6.45, 7) is 0.560. The molecule has 0 unspecified atom stereocenters. The molecule has 1 fully saturated rings. The lowest BCUT2D eigenvalue weighted by atomic mass is 10.2. The van der Waals surface area contributed by atoms with Gasteiger partial charge in [-0.15, -0.1) is 0 Å². The van der Waals surface area contributed by atoms with Gasteiger partial charge >= 0.3 is 12.1 Å². The minimum absolute atomic E-state index is 0.0631. The van der Waals surface area contributed by atoms with Crippen molar-refractivity contribution < 1.29 is 24.2 Å². The zero-order valence-electron chi connectivity index (χ0n) is 11.4. The number of anilines is 1. The largest absolute Gasteiger partial charge is 0.481 e. The molecule has 1 aromatic carbocycles. The molecule has 1 heterocycles. The number of nitrogens with zero attached hydrogens (tertiary/aromatic N) is 2. The molecule has 1 aliphatic heterocycles. The van der Waals surface area contributed by atoms with Gasteiger partial charge in [0.1, 0.15) is 6.61 Å². The summed E-state index contributed by atoms with van der Waals surface area (Å²) < 4.78 is 4.73. The molecule has 0 aromatic heterocycles. The van der Waals surface area contributed by atoms with Crippen LogP contribution in [0.3, 0.4) is 0 Å². The molecule has 0 radical (unpaired) electrons. The second kappa shape index (κ2) is 6.74. The Morgan fingerprint density at radius 2 is 2.00 bits per heavy atom. The summed E-state index contributed by atoms with van der Waals surface area (Å²) in [6, 6.07) is 9.02. The maximum absolute atomic E-state index is 12.1. The van der Waals surface area contributed by atoms with Crippen molar-refractivity contribution in [2.75, 3.05) is 31.1 Å². The number of imide groups is 1. The van der Waals surface area contributed by atoms with Crippen molar-refractivity contribution in [2.24, 2.45) is 0 Å². The molecule has 2 amide bonds. The van der Waals surface area contributed by atoms with E-state index in [1.54, 1.807) is 29.2 Å². The van der Waals surface area contributed by atoms with E-state index in [4.69, 9.17) is 9.84 Å². The number of hydrogen-bond acceptors (Lipinski definition) is 5. The molecule has 0 aliphatic carbocycles. The highest BCUT2D eigenvalue weighted by Gasteiger charge is 2.29. The Morgan fingerprint density at radius 3 is 2.57 bits per heavy atom. The zero-order chi connectivity index (χ0) is 15.2. The highest BCUT2D eigenvalue weighted by Crippen LogP contribution is 2.15. The van der Waals surface area contributed by atoms with Crippen molar-refractivity contribution in [1.82, 2.24) is 4.90 Å². The summed E-state index contributed by atoms with van der Waals surface area (Å²) in [4.78, 5) is 36.9. The topological polar surface area (TPSA) is 87.2 Å². The number of ether oxygens (including phenoxy) is 1. The first-order valence-electron chi connectivity index (χ1n) is 6.57. The normalized spacial score (nSPS) is 13.9. The Balaban J connectivity index is 2.06. The number of para-hydroxylation sites is 1. The number of benzene rings is 1. The van der Waals surface area contributed by atoms with E-state index in [9.17, 15) is 14.4 Å². The smallest absolute Gasteiger partial charge is 0.416 e. The van der Waals surface area contributed by atoms with E-state index < -0.39 is 18.0 Å². The molecule has 1 aromatic rings. The highest BCUT2D eigenvalue weighted by atomic mass is 16.6. The second-order valence-electron chi connectivity index (χ2n) is 4.56. The summed E-state index contributed by atoms with van der Waals surface area (Å²) in [5.41, 5.74) is 0.736. The van der Waals surface area contributed by atoms with Crippen LogP contribution >= 0.6 is 0 Å². The van der Waals surface area contributed by atoms with E-state index in [1.807, 2.05) is 6.07 Å². The highest BCUT2D eigenvalue weighted by molar-refractivity contribution is 5.95. The number of carboxylic acids is 1. The van der Waals surface area contributed by atoms with Gasteiger partial charge in [0.2, 0.25) is 0 Å². The van der Waals surface area contributed by atoms with E-state index >= 15 is 0 Å². The molecule has 0 atom stereocenters. The van der Waals surface area contributed by atoms with Gasteiger partial charge in [0.15, 0.2) is 0 Å². The molecule has 1 aliphatic rings. The van der Waals surface area contributed by atoms with Crippen LogP contribution in [0, 0.1) is 0 Å². The summed E-state index contributed by atoms with van der Waals surface area (Å²) in [6.07, 6.45) is -0.738. The van der Waals surface area contributed by atoms with Crippen molar-refractivity contribution in [2.45, 2.75) is 6.42 Å². The third-order valence-corrected chi connectivity index (χ3v) is 3.10. The molecule has 0 spiro atoms. The molecule has 0 saturated carbocycles. The van der Waals surface area contributed by atoms with Gasteiger partial charge in [0.05, 0.1) is 19.5 Å². The lowest BCUT2D eigenvalue weighted by Gasteiger charge is -2.24. The van der Waals surface area contributed by atoms with Crippen molar-refractivity contribution in [1.29, 1.82) is 0 Å². The molecule has 2 rings (SSSR count). The van der Waals surface area contributed by atoms with Crippen molar-refractivity contribution in [3.05, 3.63) is 30.3 Å². The van der Waals surface area contributed by atoms with E-state index in [2.05, 4.69) is 0 Å². The predicted octanol–water partition coefficient (Wildman–Crippen LogP) is 0.946. The van der Waals surface area contributed by atoms with Crippen LogP contribution in [0.5, 0.6) is 0 Å². The second-order valence-corrected chi connectivity index (χ2v) is 4.56. The molecule has 0 bridgehead atoms. The fraction of sp³-hybridized carbons (Fsp3) is 0.357. The van der Waals surface area contributed by atoms with E-state index in [1.165, 1.54) is 0 Å². The number of carbonyl (C=O) groups is 3. The Bertz CT molecular complexity index is 531. The minimum atomic E-state index is -0.941. The van der Waals surface area contributed by atoms with Gasteiger partial charge in [-0.2, -0.15) is 0 Å². The maximum atomic E-state index is 12.1. The number of rotatable bonds is 6. The Hall–Kier alpha value is -2.57. The molecular weight excluding hydrogens is 276 g/mol. The quantitative estimate of drug-likeness (QED) is 0.840. The van der Waals surface area contributed by atoms with E-state index in [0.29, 0.717) is 0 Å². The van der Waals surface area contributed by atoms with Gasteiger partial charge in [0.25, 0.3) is 5.91 Å². The number of amides is 2. The Labute approximate surface area is 121 Å². The van der Waals surface area contributed by atoms with Crippen LogP contribution in [0.25, 0.3) is 0 Å². The molecule has 1 N–H and O–H groups in total. The van der Waals surface area contributed by atoms with Crippen molar-refractivity contribution >= 4 is 23.7 Å². The van der Waals surface area contributed by atoms with Crippen LogP contribution in [0.4, 0.5) is 10.5 Å². The summed E-state index contributed by atoms with van der Waals surface area (Å²) in [5, 5.41) is 8.80. The minimum Gasteiger partial charge on any atom is -0.481 e. The summed E-state index contributed by atoms with van der Waals surface area (Å²) >= 11 is 0. The molecule has 21 heavy (non-hydrogen) atoms. The van der Waals surface area contributed by atoms with Gasteiger partial charge in [0, 0.05) is 12.2 Å². The number of carbonyl (C=O) groups excluding carboxylic acids is 2. The number of hydrogen-bond donors (Lipinski definition) is 1. The van der Waals surface area contributed by atoms with Gasteiger partial charge in [-0.05, 0) is 12.1 Å². The SMILES string of the molecule is O=C(O)CCN(CC(=O)N1CCOC1=O)c1ccccc1. The molecule has 7 nitrogen and oxygen atoms in total. The first-order valence-corrected chi connectivity index (χ1v) is 6.57. The average molecular weight is 292 g/mol. The number of carboxylic acid groups (broad SMARTS) is 1. The van der Waals surface area contributed by atoms with Crippen LogP contribution in [0.1, 0.15) is 6.42 Å². The average Bonchev–Trinajstić information content (AvgIpc) is 2.90. The first-order chi connectivity index (χ1) is 10.1. The third kappa shape index (κ3) is 3.95. The third-order valence-electron chi connectivity index (χ3n) is 3.10. The lowest BCUT2D eigenvalue weighted by Crippen LogP contribution is -2.41. The van der Waals surface area contributed by atoms with Gasteiger partial charge < -0.3 is 14.7 Å². The van der Waals surface area contributed by atoms with Crippen LogP contribution in [0.2, 0.25) is 0 Å². The van der Waals surface area contributed by atoms with Gasteiger partial charge in [-0.25, -0.2) is 9.69 Å². The van der Waals surface area contributed by atoms with Gasteiger partial charge in [-0.1, -0.05) is 18.2 Å². The fourth-order valence-corrected chi connectivity index (χ4v) is 2.04. The monoisotopic (exact) mass is 292 g/mol. The lowest BCUT2D eigenvalue weighted by molar-refractivity contribution is -0.137. The Kier molecular flexibility index (Phi) is 4.76. The Morgan fingerprint density at radius 1 is 1.29 bits per heavy atom. The molecular formula is C14H16N2O5. The van der Waals surface area contributed by atoms with E-state index in [0.717, 1.165) is 10.6 Å². The van der Waals surface area contributed by atoms with Gasteiger partial charge in [-0.3, -0.25) is 9.59 Å². The van der Waals surface area contributed by atoms with Crippen LogP contribution in [-0.4, -0.2) is 54.2 Å². The van der Waals surface area contributed by atoms with Crippen LogP contribution < -0.4 is 4.90 Å². The zero-order valence-corrected chi connectivity index (χ0v) is 11.4. The number of cyclic esters (lactones) is 1. The first kappa shape index (κ1) is 14.8. The van der Waals surface area contributed by atoms with Crippen molar-refractivity contribution in [3.8, 4) is 0 Å². The van der Waals surface area contributed by atoms with E-state index in [-0.39, 0.29) is 32.7 Å². The maximum Gasteiger partial charge on any atom is 0.416 e. The standard InChI is InChI=1S/C14H16N2O5/c17-12(16-8-9-21-14(16)20)10-15(7-6-13(18)19)11-4-2-1-3-5-11/h1-5H,6-10H2,(H,18,19). The molecule has 1 saturated heterocycles.